The Labute approximate surface area is 193 Å². The maximum atomic E-state index is 12.0. The molecule has 7 heteroatoms. The number of aryl methyl sites for hydroxylation is 1. The summed E-state index contributed by atoms with van der Waals surface area (Å²) < 4.78 is 6.17. The molecule has 2 fully saturated rings. The summed E-state index contributed by atoms with van der Waals surface area (Å²) in [4.78, 5) is 20.8. The highest BCUT2D eigenvalue weighted by atomic mass is 16.5. The van der Waals surface area contributed by atoms with E-state index < -0.39 is 0 Å². The van der Waals surface area contributed by atoms with Crippen molar-refractivity contribution in [3.63, 3.8) is 0 Å². The second-order valence-electron chi connectivity index (χ2n) is 9.31. The van der Waals surface area contributed by atoms with Crippen molar-refractivity contribution in [1.29, 1.82) is 0 Å². The topological polar surface area (TPSA) is 69.2 Å². The lowest BCUT2D eigenvalue weighted by atomic mass is 9.89. The molecule has 2 aliphatic rings. The molecule has 178 valence electrons. The number of ether oxygens (including phenoxy) is 1. The van der Waals surface area contributed by atoms with Gasteiger partial charge in [-0.05, 0) is 45.1 Å². The molecule has 0 aromatic heterocycles. The molecule has 0 aliphatic carbocycles. The monoisotopic (exact) mass is 443 g/mol. The van der Waals surface area contributed by atoms with Crippen LogP contribution in [0.2, 0.25) is 0 Å². The fraction of sp³-hybridized carbons (Fsp3) is 0.680. The molecule has 2 N–H and O–H groups in total. The summed E-state index contributed by atoms with van der Waals surface area (Å²) in [7, 11) is 3.63. The van der Waals surface area contributed by atoms with Crippen LogP contribution in [-0.2, 0) is 9.53 Å². The number of piperidine rings is 1. The summed E-state index contributed by atoms with van der Waals surface area (Å²) in [5.41, 5.74) is 2.53. The number of nitrogens with zero attached hydrogens (tertiary/aromatic N) is 3. The van der Waals surface area contributed by atoms with Crippen LogP contribution >= 0.6 is 0 Å². The van der Waals surface area contributed by atoms with Gasteiger partial charge >= 0.3 is 0 Å². The molecule has 7 nitrogen and oxygen atoms in total. The van der Waals surface area contributed by atoms with Crippen LogP contribution in [0.4, 0.5) is 0 Å². The minimum absolute atomic E-state index is 0.119. The van der Waals surface area contributed by atoms with E-state index in [2.05, 4.69) is 53.6 Å². The van der Waals surface area contributed by atoms with E-state index in [9.17, 15) is 4.79 Å². The Morgan fingerprint density at radius 3 is 2.56 bits per heavy atom. The van der Waals surface area contributed by atoms with E-state index in [1.807, 2.05) is 14.1 Å². The Bertz CT molecular complexity index is 741. The molecule has 1 amide bonds. The number of benzene rings is 1. The van der Waals surface area contributed by atoms with Gasteiger partial charge in [0.15, 0.2) is 5.96 Å². The van der Waals surface area contributed by atoms with Crippen molar-refractivity contribution in [2.24, 2.45) is 10.9 Å². The van der Waals surface area contributed by atoms with E-state index in [0.29, 0.717) is 18.5 Å². The van der Waals surface area contributed by atoms with Crippen LogP contribution in [-0.4, -0.2) is 81.1 Å². The van der Waals surface area contributed by atoms with Gasteiger partial charge in [0.1, 0.15) is 0 Å². The molecule has 2 saturated heterocycles. The predicted octanol–water partition coefficient (Wildman–Crippen LogP) is 2.57. The minimum Gasteiger partial charge on any atom is -0.373 e. The van der Waals surface area contributed by atoms with E-state index in [4.69, 9.17) is 9.73 Å². The van der Waals surface area contributed by atoms with E-state index in [0.717, 1.165) is 64.4 Å². The summed E-state index contributed by atoms with van der Waals surface area (Å²) in [6.07, 6.45) is 4.39. The van der Waals surface area contributed by atoms with Crippen molar-refractivity contribution in [3.8, 4) is 0 Å². The molecule has 2 unspecified atom stereocenters. The van der Waals surface area contributed by atoms with E-state index in [1.54, 1.807) is 4.90 Å². The van der Waals surface area contributed by atoms with Crippen LogP contribution in [0.5, 0.6) is 0 Å². The predicted molar refractivity (Wildman–Crippen MR) is 130 cm³/mol. The number of amides is 1. The zero-order valence-corrected chi connectivity index (χ0v) is 20.3. The molecule has 32 heavy (non-hydrogen) atoms. The smallest absolute Gasteiger partial charge is 0.236 e. The molecule has 1 aromatic carbocycles. The van der Waals surface area contributed by atoms with Crippen molar-refractivity contribution < 1.29 is 9.53 Å². The molecular weight excluding hydrogens is 402 g/mol. The van der Waals surface area contributed by atoms with Crippen molar-refractivity contribution in [2.75, 3.05) is 53.4 Å². The third kappa shape index (κ3) is 7.20. The number of guanidine groups is 1. The Morgan fingerprint density at radius 2 is 1.91 bits per heavy atom. The first kappa shape index (κ1) is 24.5. The van der Waals surface area contributed by atoms with Crippen LogP contribution < -0.4 is 10.6 Å². The van der Waals surface area contributed by atoms with Gasteiger partial charge in [0.2, 0.25) is 5.91 Å². The van der Waals surface area contributed by atoms with Gasteiger partial charge < -0.3 is 20.3 Å². The molecule has 3 rings (SSSR count). The molecule has 0 radical (unpaired) electrons. The van der Waals surface area contributed by atoms with Crippen molar-refractivity contribution >= 4 is 11.9 Å². The lowest BCUT2D eigenvalue weighted by Crippen LogP contribution is -2.50. The van der Waals surface area contributed by atoms with Gasteiger partial charge in [-0.2, -0.15) is 0 Å². The number of nitrogens with one attached hydrogen (secondary N) is 2. The number of rotatable bonds is 7. The Balaban J connectivity index is 1.55. The first-order valence-corrected chi connectivity index (χ1v) is 12.1. The maximum Gasteiger partial charge on any atom is 0.236 e. The molecule has 0 bridgehead atoms. The molecule has 2 atom stereocenters. The second kappa shape index (κ2) is 12.2. The van der Waals surface area contributed by atoms with Gasteiger partial charge in [-0.3, -0.25) is 14.7 Å². The average molecular weight is 444 g/mol. The van der Waals surface area contributed by atoms with Crippen molar-refractivity contribution in [1.82, 2.24) is 20.4 Å². The normalized spacial score (nSPS) is 23.1. The summed E-state index contributed by atoms with van der Waals surface area (Å²) >= 11 is 0. The van der Waals surface area contributed by atoms with Gasteiger partial charge in [0, 0.05) is 58.8 Å². The highest BCUT2D eigenvalue weighted by Crippen LogP contribution is 2.34. The fourth-order valence-corrected chi connectivity index (χ4v) is 4.44. The molecule has 2 heterocycles. The number of likely N-dealkylation sites (N-methyl/N-ethyl adjacent to an activating group) is 1. The number of hydrogen-bond donors (Lipinski definition) is 2. The minimum atomic E-state index is 0.119. The van der Waals surface area contributed by atoms with Gasteiger partial charge in [-0.15, -0.1) is 0 Å². The first-order valence-electron chi connectivity index (χ1n) is 12.1. The van der Waals surface area contributed by atoms with E-state index in [1.165, 1.54) is 11.1 Å². The van der Waals surface area contributed by atoms with Crippen molar-refractivity contribution in [3.05, 3.63) is 35.4 Å². The van der Waals surface area contributed by atoms with Crippen LogP contribution in [0.1, 0.15) is 49.8 Å². The van der Waals surface area contributed by atoms with Gasteiger partial charge in [-0.25, -0.2) is 0 Å². The highest BCUT2D eigenvalue weighted by Gasteiger charge is 2.28. The summed E-state index contributed by atoms with van der Waals surface area (Å²) in [5.74, 6) is 1.45. The summed E-state index contributed by atoms with van der Waals surface area (Å²) in [6, 6.07) is 9.10. The molecular formula is C25H41N5O2. The summed E-state index contributed by atoms with van der Waals surface area (Å²) in [5, 5.41) is 7.04. The Morgan fingerprint density at radius 1 is 1.19 bits per heavy atom. The number of carbonyl (C=O) groups excluding carboxylic acids is 1. The van der Waals surface area contributed by atoms with Crippen LogP contribution in [0, 0.1) is 12.8 Å². The third-order valence-electron chi connectivity index (χ3n) is 6.46. The van der Waals surface area contributed by atoms with Crippen LogP contribution in [0.25, 0.3) is 0 Å². The molecule has 0 spiro atoms. The van der Waals surface area contributed by atoms with Gasteiger partial charge in [-0.1, -0.05) is 29.8 Å². The maximum absolute atomic E-state index is 12.0. The Kier molecular flexibility index (Phi) is 9.36. The molecule has 2 aliphatic heterocycles. The third-order valence-corrected chi connectivity index (χ3v) is 6.46. The highest BCUT2D eigenvalue weighted by molar-refractivity contribution is 5.80. The number of aliphatic imine (C=N–C) groups is 1. The number of carbonyl (C=O) groups is 1. The van der Waals surface area contributed by atoms with Gasteiger partial charge in [0.05, 0.1) is 12.6 Å². The average Bonchev–Trinajstić information content (AvgIpc) is 2.79. The quantitative estimate of drug-likeness (QED) is 0.501. The lowest BCUT2D eigenvalue weighted by Gasteiger charge is -2.33. The van der Waals surface area contributed by atoms with E-state index in [-0.39, 0.29) is 12.0 Å². The fourth-order valence-electron chi connectivity index (χ4n) is 4.44. The summed E-state index contributed by atoms with van der Waals surface area (Å²) in [6.45, 7) is 9.01. The molecule has 0 saturated carbocycles. The van der Waals surface area contributed by atoms with E-state index >= 15 is 0 Å². The SMILES string of the molecule is CCNC(=NCC1CCCOC1c1ccc(C)cc1)NC1CCN(CC(=O)N(C)C)CC1. The molecule has 1 aromatic rings. The number of hydrogen-bond acceptors (Lipinski definition) is 4. The second-order valence-corrected chi connectivity index (χ2v) is 9.31. The number of likely N-dealkylation sites (tertiary alicyclic amines) is 1. The first-order chi connectivity index (χ1) is 15.5. The van der Waals surface area contributed by atoms with Gasteiger partial charge in [0.25, 0.3) is 0 Å². The zero-order chi connectivity index (χ0) is 22.9. The lowest BCUT2D eigenvalue weighted by molar-refractivity contribution is -0.130. The standard InChI is InChI=1S/C25H41N5O2/c1-5-26-25(28-22-12-14-30(15-13-22)18-23(31)29(3)4)27-17-21-7-6-16-32-24(21)20-10-8-19(2)9-11-20/h8-11,21-22,24H,5-7,12-18H2,1-4H3,(H2,26,27,28). The van der Waals surface area contributed by atoms with Crippen molar-refractivity contribution in [2.45, 2.75) is 51.7 Å². The van der Waals surface area contributed by atoms with Crippen LogP contribution in [0.3, 0.4) is 0 Å². The Hall–Kier alpha value is -2.12. The largest absolute Gasteiger partial charge is 0.373 e. The van der Waals surface area contributed by atoms with Crippen LogP contribution in [0.15, 0.2) is 29.3 Å². The zero-order valence-electron chi connectivity index (χ0n) is 20.3.